The van der Waals surface area contributed by atoms with Gasteiger partial charge in [0.15, 0.2) is 0 Å². The standard InChI is InChI=1S/C8H15NO2/c1-7(8(11)9-2)5-3-4-6-10/h10H,1,3-6H2,2H3,(H,9,11). The van der Waals surface area contributed by atoms with Crippen molar-refractivity contribution in [2.24, 2.45) is 0 Å². The quantitative estimate of drug-likeness (QED) is 0.449. The summed E-state index contributed by atoms with van der Waals surface area (Å²) in [5.74, 6) is -0.108. The molecule has 0 aromatic carbocycles. The predicted molar refractivity (Wildman–Crippen MR) is 44.1 cm³/mol. The summed E-state index contributed by atoms with van der Waals surface area (Å²) in [6.07, 6.45) is 2.22. The molecule has 0 radical (unpaired) electrons. The lowest BCUT2D eigenvalue weighted by atomic mass is 10.1. The number of carbonyl (C=O) groups is 1. The topological polar surface area (TPSA) is 49.3 Å². The van der Waals surface area contributed by atoms with Crippen molar-refractivity contribution < 1.29 is 9.90 Å². The van der Waals surface area contributed by atoms with E-state index in [0.717, 1.165) is 12.8 Å². The molecule has 11 heavy (non-hydrogen) atoms. The maximum Gasteiger partial charge on any atom is 0.246 e. The van der Waals surface area contributed by atoms with Crippen LogP contribution in [0.3, 0.4) is 0 Å². The number of unbranched alkanes of at least 4 members (excludes halogenated alkanes) is 1. The van der Waals surface area contributed by atoms with E-state index in [4.69, 9.17) is 5.11 Å². The third-order valence-electron chi connectivity index (χ3n) is 1.43. The summed E-state index contributed by atoms with van der Waals surface area (Å²) in [7, 11) is 1.58. The van der Waals surface area contributed by atoms with Gasteiger partial charge in [-0.3, -0.25) is 4.79 Å². The summed E-state index contributed by atoms with van der Waals surface area (Å²) in [6, 6.07) is 0. The molecule has 0 aliphatic rings. The van der Waals surface area contributed by atoms with Crippen LogP contribution in [0.4, 0.5) is 0 Å². The van der Waals surface area contributed by atoms with Gasteiger partial charge in [0.05, 0.1) is 0 Å². The lowest BCUT2D eigenvalue weighted by Crippen LogP contribution is -2.19. The number of hydrogen-bond acceptors (Lipinski definition) is 2. The van der Waals surface area contributed by atoms with Gasteiger partial charge in [-0.05, 0) is 19.3 Å². The summed E-state index contributed by atoms with van der Waals surface area (Å²) in [5.41, 5.74) is 0.584. The minimum atomic E-state index is -0.108. The first kappa shape index (κ1) is 10.2. The molecule has 0 aliphatic heterocycles. The summed E-state index contributed by atoms with van der Waals surface area (Å²) < 4.78 is 0. The van der Waals surface area contributed by atoms with Gasteiger partial charge in [-0.2, -0.15) is 0 Å². The lowest BCUT2D eigenvalue weighted by molar-refractivity contribution is -0.117. The number of aliphatic hydroxyl groups is 1. The lowest BCUT2D eigenvalue weighted by Gasteiger charge is -2.01. The SMILES string of the molecule is C=C(CCCCO)C(=O)NC. The molecule has 0 heterocycles. The first-order valence-electron chi connectivity index (χ1n) is 3.73. The van der Waals surface area contributed by atoms with Crippen molar-refractivity contribution in [3.05, 3.63) is 12.2 Å². The smallest absolute Gasteiger partial charge is 0.246 e. The second-order valence-electron chi connectivity index (χ2n) is 2.36. The van der Waals surface area contributed by atoms with Crippen LogP contribution in [-0.4, -0.2) is 24.7 Å². The monoisotopic (exact) mass is 157 g/mol. The fraction of sp³-hybridized carbons (Fsp3) is 0.625. The molecule has 0 aromatic rings. The van der Waals surface area contributed by atoms with E-state index < -0.39 is 0 Å². The van der Waals surface area contributed by atoms with Gasteiger partial charge in [0.25, 0.3) is 0 Å². The minimum Gasteiger partial charge on any atom is -0.396 e. The van der Waals surface area contributed by atoms with Gasteiger partial charge in [-0.25, -0.2) is 0 Å². The molecular weight excluding hydrogens is 142 g/mol. The number of aliphatic hydroxyl groups excluding tert-OH is 1. The predicted octanol–water partition coefficient (Wildman–Crippen LogP) is 0.451. The molecule has 0 saturated heterocycles. The Hall–Kier alpha value is -0.830. The van der Waals surface area contributed by atoms with Crippen LogP contribution in [0, 0.1) is 0 Å². The Kier molecular flexibility index (Phi) is 5.47. The Balaban J connectivity index is 3.44. The Morgan fingerprint density at radius 3 is 2.64 bits per heavy atom. The van der Waals surface area contributed by atoms with Crippen LogP contribution in [0.25, 0.3) is 0 Å². The molecule has 0 spiro atoms. The molecule has 64 valence electrons. The maximum atomic E-state index is 10.8. The zero-order chi connectivity index (χ0) is 8.69. The molecule has 2 N–H and O–H groups in total. The van der Waals surface area contributed by atoms with Crippen molar-refractivity contribution in [2.75, 3.05) is 13.7 Å². The molecule has 0 atom stereocenters. The van der Waals surface area contributed by atoms with Crippen molar-refractivity contribution in [1.82, 2.24) is 5.32 Å². The van der Waals surface area contributed by atoms with Crippen LogP contribution in [0.2, 0.25) is 0 Å². The zero-order valence-corrected chi connectivity index (χ0v) is 6.89. The Morgan fingerprint density at radius 1 is 1.55 bits per heavy atom. The number of amides is 1. The fourth-order valence-corrected chi connectivity index (χ4v) is 0.740. The van der Waals surface area contributed by atoms with Crippen LogP contribution < -0.4 is 5.32 Å². The van der Waals surface area contributed by atoms with Crippen LogP contribution >= 0.6 is 0 Å². The van der Waals surface area contributed by atoms with Crippen molar-refractivity contribution in [3.8, 4) is 0 Å². The largest absolute Gasteiger partial charge is 0.396 e. The van der Waals surface area contributed by atoms with Gasteiger partial charge in [0.2, 0.25) is 5.91 Å². The Bertz CT molecular complexity index is 143. The van der Waals surface area contributed by atoms with E-state index in [1.165, 1.54) is 0 Å². The van der Waals surface area contributed by atoms with E-state index in [9.17, 15) is 4.79 Å². The number of likely N-dealkylation sites (N-methyl/N-ethyl adjacent to an activating group) is 1. The van der Waals surface area contributed by atoms with E-state index >= 15 is 0 Å². The van der Waals surface area contributed by atoms with Crippen molar-refractivity contribution >= 4 is 5.91 Å². The van der Waals surface area contributed by atoms with Gasteiger partial charge in [-0.1, -0.05) is 6.58 Å². The van der Waals surface area contributed by atoms with E-state index in [2.05, 4.69) is 11.9 Å². The second-order valence-corrected chi connectivity index (χ2v) is 2.36. The van der Waals surface area contributed by atoms with Crippen LogP contribution in [0.5, 0.6) is 0 Å². The zero-order valence-electron chi connectivity index (χ0n) is 6.89. The van der Waals surface area contributed by atoms with E-state index in [0.29, 0.717) is 12.0 Å². The Labute approximate surface area is 67.1 Å². The average Bonchev–Trinajstić information content (AvgIpc) is 2.03. The molecule has 0 bridgehead atoms. The number of hydrogen-bond donors (Lipinski definition) is 2. The van der Waals surface area contributed by atoms with Crippen molar-refractivity contribution in [1.29, 1.82) is 0 Å². The van der Waals surface area contributed by atoms with Gasteiger partial charge in [0.1, 0.15) is 0 Å². The van der Waals surface area contributed by atoms with Gasteiger partial charge >= 0.3 is 0 Å². The molecule has 0 unspecified atom stereocenters. The molecular formula is C8H15NO2. The highest BCUT2D eigenvalue weighted by atomic mass is 16.2. The fourth-order valence-electron chi connectivity index (χ4n) is 0.740. The van der Waals surface area contributed by atoms with Crippen molar-refractivity contribution in [2.45, 2.75) is 19.3 Å². The Morgan fingerprint density at radius 2 is 2.18 bits per heavy atom. The van der Waals surface area contributed by atoms with Crippen LogP contribution in [0.15, 0.2) is 12.2 Å². The molecule has 0 saturated carbocycles. The number of rotatable bonds is 5. The van der Waals surface area contributed by atoms with Gasteiger partial charge in [-0.15, -0.1) is 0 Å². The highest BCUT2D eigenvalue weighted by Crippen LogP contribution is 2.03. The summed E-state index contributed by atoms with van der Waals surface area (Å²) in [6.45, 7) is 3.79. The first-order valence-corrected chi connectivity index (χ1v) is 3.73. The first-order chi connectivity index (χ1) is 5.22. The molecule has 0 rings (SSSR count). The molecule has 0 fully saturated rings. The highest BCUT2D eigenvalue weighted by Gasteiger charge is 2.02. The van der Waals surface area contributed by atoms with Crippen molar-refractivity contribution in [3.63, 3.8) is 0 Å². The summed E-state index contributed by atoms with van der Waals surface area (Å²) in [4.78, 5) is 10.8. The van der Waals surface area contributed by atoms with E-state index in [1.54, 1.807) is 7.05 Å². The molecule has 1 amide bonds. The van der Waals surface area contributed by atoms with Crippen LogP contribution in [0.1, 0.15) is 19.3 Å². The molecule has 0 aromatic heterocycles. The minimum absolute atomic E-state index is 0.108. The van der Waals surface area contributed by atoms with E-state index in [-0.39, 0.29) is 12.5 Å². The van der Waals surface area contributed by atoms with Crippen LogP contribution in [-0.2, 0) is 4.79 Å². The number of carbonyl (C=O) groups excluding carboxylic acids is 1. The summed E-state index contributed by atoms with van der Waals surface area (Å²) in [5, 5.41) is 10.9. The van der Waals surface area contributed by atoms with Gasteiger partial charge < -0.3 is 10.4 Å². The molecule has 3 nitrogen and oxygen atoms in total. The van der Waals surface area contributed by atoms with Gasteiger partial charge in [0, 0.05) is 19.2 Å². The highest BCUT2D eigenvalue weighted by molar-refractivity contribution is 5.92. The second kappa shape index (κ2) is 5.92. The summed E-state index contributed by atoms with van der Waals surface area (Å²) >= 11 is 0. The average molecular weight is 157 g/mol. The number of nitrogens with one attached hydrogen (secondary N) is 1. The third-order valence-corrected chi connectivity index (χ3v) is 1.43. The molecule has 0 aliphatic carbocycles. The maximum absolute atomic E-state index is 10.8. The normalized spacial score (nSPS) is 9.27. The third kappa shape index (κ3) is 4.56. The van der Waals surface area contributed by atoms with E-state index in [1.807, 2.05) is 0 Å². The molecule has 3 heteroatoms.